The topological polar surface area (TPSA) is 42.1 Å². The Morgan fingerprint density at radius 3 is 2.59 bits per heavy atom. The minimum Gasteiger partial charge on any atom is -0.365 e. The SMILES string of the molecule is C=C1c2nn(C3CC3)c(C)c2C(c2ccc(N3CCC(F)(F)C3)cc2F)N1c1ccc2c(c1)ncn2S. The Morgan fingerprint density at radius 2 is 1.89 bits per heavy atom. The Kier molecular flexibility index (Phi) is 4.80. The van der Waals surface area contributed by atoms with E-state index in [0.29, 0.717) is 23.0 Å². The van der Waals surface area contributed by atoms with Crippen molar-refractivity contribution in [3.8, 4) is 0 Å². The van der Waals surface area contributed by atoms with Crippen LogP contribution in [0.25, 0.3) is 16.7 Å². The van der Waals surface area contributed by atoms with Crippen LogP contribution in [0.1, 0.15) is 53.9 Å². The van der Waals surface area contributed by atoms with Gasteiger partial charge in [-0.25, -0.2) is 18.2 Å². The molecule has 7 rings (SSSR count). The molecule has 1 atom stereocenters. The number of alkyl halides is 2. The van der Waals surface area contributed by atoms with Gasteiger partial charge in [0, 0.05) is 41.2 Å². The van der Waals surface area contributed by atoms with Crippen LogP contribution >= 0.6 is 12.8 Å². The molecule has 1 saturated carbocycles. The average molecular weight is 523 g/mol. The number of halogens is 3. The Balaban J connectivity index is 1.35. The fourth-order valence-corrected chi connectivity index (χ4v) is 5.99. The van der Waals surface area contributed by atoms with Gasteiger partial charge in [-0.1, -0.05) is 25.5 Å². The van der Waals surface area contributed by atoms with Gasteiger partial charge >= 0.3 is 0 Å². The molecule has 2 aromatic heterocycles. The van der Waals surface area contributed by atoms with Crippen molar-refractivity contribution in [2.45, 2.75) is 44.2 Å². The maximum Gasteiger partial charge on any atom is 0.266 e. The Hall–Kier alpha value is -3.40. The molecular formula is C27H25F3N6S. The molecule has 1 aliphatic carbocycles. The quantitative estimate of drug-likeness (QED) is 0.327. The van der Waals surface area contributed by atoms with Crippen LogP contribution in [0.15, 0.2) is 49.3 Å². The third kappa shape index (κ3) is 3.48. The second-order valence-electron chi connectivity index (χ2n) is 10.2. The predicted molar refractivity (Wildman–Crippen MR) is 141 cm³/mol. The van der Waals surface area contributed by atoms with Crippen molar-refractivity contribution in [3.05, 3.63) is 77.6 Å². The smallest absolute Gasteiger partial charge is 0.266 e. The first-order chi connectivity index (χ1) is 17.7. The lowest BCUT2D eigenvalue weighted by atomic mass is 9.97. The van der Waals surface area contributed by atoms with Crippen molar-refractivity contribution in [2.75, 3.05) is 22.9 Å². The lowest BCUT2D eigenvalue weighted by Gasteiger charge is -2.30. The van der Waals surface area contributed by atoms with Crippen LogP contribution in [0.2, 0.25) is 0 Å². The van der Waals surface area contributed by atoms with E-state index in [9.17, 15) is 8.78 Å². The molecule has 190 valence electrons. The van der Waals surface area contributed by atoms with Crippen LogP contribution in [0.5, 0.6) is 0 Å². The van der Waals surface area contributed by atoms with Crippen LogP contribution in [-0.2, 0) is 0 Å². The lowest BCUT2D eigenvalue weighted by Crippen LogP contribution is -2.26. The summed E-state index contributed by atoms with van der Waals surface area (Å²) in [5.41, 5.74) is 6.72. The predicted octanol–water partition coefficient (Wildman–Crippen LogP) is 6.13. The summed E-state index contributed by atoms with van der Waals surface area (Å²) in [5.74, 6) is -3.19. The molecular weight excluding hydrogens is 497 g/mol. The van der Waals surface area contributed by atoms with Crippen LogP contribution in [-0.4, -0.2) is 37.7 Å². The molecule has 6 nitrogen and oxygen atoms in total. The highest BCUT2D eigenvalue weighted by atomic mass is 32.1. The van der Waals surface area contributed by atoms with Gasteiger partial charge in [-0.05, 0) is 50.1 Å². The molecule has 10 heteroatoms. The van der Waals surface area contributed by atoms with E-state index in [0.717, 1.165) is 46.5 Å². The van der Waals surface area contributed by atoms with Crippen molar-refractivity contribution in [1.29, 1.82) is 0 Å². The van der Waals surface area contributed by atoms with Crippen LogP contribution in [0, 0.1) is 12.7 Å². The van der Waals surface area contributed by atoms with Gasteiger partial charge in [0.15, 0.2) is 0 Å². The molecule has 0 radical (unpaired) electrons. The van der Waals surface area contributed by atoms with Crippen LogP contribution in [0.4, 0.5) is 24.5 Å². The maximum absolute atomic E-state index is 15.9. The van der Waals surface area contributed by atoms with Gasteiger partial charge < -0.3 is 9.80 Å². The number of benzene rings is 2. The minimum absolute atomic E-state index is 0.202. The molecule has 0 spiro atoms. The molecule has 3 aliphatic rings. The third-order valence-corrected chi connectivity index (χ3v) is 8.11. The number of rotatable bonds is 4. The molecule has 0 amide bonds. The van der Waals surface area contributed by atoms with E-state index in [-0.39, 0.29) is 13.0 Å². The number of hydrogen-bond donors (Lipinski definition) is 1. The van der Waals surface area contributed by atoms with Crippen molar-refractivity contribution in [1.82, 2.24) is 18.7 Å². The molecule has 37 heavy (non-hydrogen) atoms. The van der Waals surface area contributed by atoms with Gasteiger partial charge in [0.25, 0.3) is 5.92 Å². The van der Waals surface area contributed by atoms with E-state index in [1.54, 1.807) is 27.3 Å². The molecule has 4 heterocycles. The summed E-state index contributed by atoms with van der Waals surface area (Å²) in [7, 11) is 0. The number of anilines is 2. The van der Waals surface area contributed by atoms with E-state index >= 15 is 4.39 Å². The molecule has 1 saturated heterocycles. The first-order valence-corrected chi connectivity index (χ1v) is 12.8. The first kappa shape index (κ1) is 22.8. The van der Waals surface area contributed by atoms with Gasteiger partial charge in [-0.2, -0.15) is 5.10 Å². The summed E-state index contributed by atoms with van der Waals surface area (Å²) in [4.78, 5) is 7.97. The zero-order chi connectivity index (χ0) is 25.6. The highest BCUT2D eigenvalue weighted by Gasteiger charge is 2.43. The summed E-state index contributed by atoms with van der Waals surface area (Å²) >= 11 is 4.40. The number of nitrogens with zero attached hydrogens (tertiary/aromatic N) is 6. The lowest BCUT2D eigenvalue weighted by molar-refractivity contribution is 0.0257. The molecule has 0 bridgehead atoms. The van der Waals surface area contributed by atoms with E-state index in [4.69, 9.17) is 5.10 Å². The van der Waals surface area contributed by atoms with E-state index < -0.39 is 24.3 Å². The average Bonchev–Trinajstić information content (AvgIpc) is 3.30. The molecule has 2 fully saturated rings. The van der Waals surface area contributed by atoms with Gasteiger partial charge in [0.2, 0.25) is 0 Å². The van der Waals surface area contributed by atoms with E-state index in [1.165, 1.54) is 6.07 Å². The highest BCUT2D eigenvalue weighted by Crippen LogP contribution is 2.51. The van der Waals surface area contributed by atoms with Crippen molar-refractivity contribution >= 4 is 40.9 Å². The summed E-state index contributed by atoms with van der Waals surface area (Å²) in [6.45, 7) is 6.20. The summed E-state index contributed by atoms with van der Waals surface area (Å²) in [6.07, 6.45) is 3.57. The molecule has 1 unspecified atom stereocenters. The fourth-order valence-electron chi connectivity index (χ4n) is 5.77. The normalized spacial score (nSPS) is 20.9. The summed E-state index contributed by atoms with van der Waals surface area (Å²) < 4.78 is 47.2. The fraction of sp³-hybridized carbons (Fsp3) is 0.333. The second-order valence-corrected chi connectivity index (χ2v) is 10.7. The van der Waals surface area contributed by atoms with Gasteiger partial charge in [-0.3, -0.25) is 8.65 Å². The van der Waals surface area contributed by atoms with Crippen molar-refractivity contribution < 1.29 is 13.2 Å². The van der Waals surface area contributed by atoms with Gasteiger partial charge in [-0.15, -0.1) is 0 Å². The molecule has 4 aromatic rings. The van der Waals surface area contributed by atoms with Crippen molar-refractivity contribution in [2.24, 2.45) is 0 Å². The van der Waals surface area contributed by atoms with Crippen LogP contribution in [0.3, 0.4) is 0 Å². The molecule has 0 N–H and O–H groups in total. The number of thiol groups is 1. The van der Waals surface area contributed by atoms with Crippen molar-refractivity contribution in [3.63, 3.8) is 0 Å². The van der Waals surface area contributed by atoms with E-state index in [1.807, 2.05) is 34.7 Å². The Bertz CT molecular complexity index is 1590. The Morgan fingerprint density at radius 1 is 1.11 bits per heavy atom. The molecule has 2 aromatic carbocycles. The van der Waals surface area contributed by atoms with Gasteiger partial charge in [0.1, 0.15) is 17.8 Å². The summed E-state index contributed by atoms with van der Waals surface area (Å²) in [6, 6.07) is 10.5. The monoisotopic (exact) mass is 522 g/mol. The minimum atomic E-state index is -2.75. The highest BCUT2D eigenvalue weighted by molar-refractivity contribution is 7.78. The maximum atomic E-state index is 15.9. The largest absolute Gasteiger partial charge is 0.365 e. The zero-order valence-electron chi connectivity index (χ0n) is 20.2. The number of aromatic nitrogens is 4. The second kappa shape index (κ2) is 7.80. The van der Waals surface area contributed by atoms with Crippen LogP contribution < -0.4 is 9.80 Å². The van der Waals surface area contributed by atoms with E-state index in [2.05, 4.69) is 24.4 Å². The first-order valence-electron chi connectivity index (χ1n) is 12.4. The standard InChI is InChI=1S/C27H25F3N6S/c1-15-24-25(32-36(15)17-3-4-17)16(2)35(19-6-8-23-22(12-19)31-14-34(23)37)26(24)20-7-5-18(11-21(20)28)33-10-9-27(29,30)13-33/h5-8,11-12,14,17,26,37H,2-4,9-10,13H2,1H3. The number of imidazole rings is 1. The number of hydrogen-bond acceptors (Lipinski definition) is 5. The zero-order valence-corrected chi connectivity index (χ0v) is 21.1. The Labute approximate surface area is 217 Å². The summed E-state index contributed by atoms with van der Waals surface area (Å²) in [5, 5.41) is 4.91. The third-order valence-electron chi connectivity index (χ3n) is 7.79. The van der Waals surface area contributed by atoms with Gasteiger partial charge in [0.05, 0.1) is 35.4 Å². The molecule has 2 aliphatic heterocycles. The number of fused-ring (bicyclic) bond motifs is 2.